The molecule has 53 heavy (non-hydrogen) atoms. The molecule has 0 bridgehead atoms. The SMILES string of the molecule is CC.CC(C)c1ccc(-c2ccccc2)cc1.Oc1ccc2c3c(ccc2c1)Oc1ccc2cc(O)ccc2c1C3c1ccc(-c2ccccc2)cc1. The second kappa shape index (κ2) is 15.5. The van der Waals surface area contributed by atoms with Crippen LogP contribution in [0.5, 0.6) is 23.0 Å². The van der Waals surface area contributed by atoms with E-state index in [1.807, 2.05) is 62.4 Å². The van der Waals surface area contributed by atoms with Gasteiger partial charge in [-0.3, -0.25) is 0 Å². The highest BCUT2D eigenvalue weighted by Crippen LogP contribution is 2.52. The van der Waals surface area contributed by atoms with E-state index < -0.39 is 0 Å². The minimum atomic E-state index is -0.0879. The second-order valence-electron chi connectivity index (χ2n) is 13.4. The Morgan fingerprint density at radius 2 is 0.868 bits per heavy atom. The van der Waals surface area contributed by atoms with Gasteiger partial charge in [-0.15, -0.1) is 0 Å². The van der Waals surface area contributed by atoms with Crippen LogP contribution in [0.15, 0.2) is 170 Å². The first-order chi connectivity index (χ1) is 25.9. The van der Waals surface area contributed by atoms with Crippen molar-refractivity contribution in [3.05, 3.63) is 192 Å². The topological polar surface area (TPSA) is 49.7 Å². The summed E-state index contributed by atoms with van der Waals surface area (Å²) in [5.74, 6) is 2.63. The van der Waals surface area contributed by atoms with E-state index in [9.17, 15) is 10.2 Å². The van der Waals surface area contributed by atoms with Gasteiger partial charge in [0.2, 0.25) is 0 Å². The number of ether oxygens (including phenoxy) is 1. The van der Waals surface area contributed by atoms with Gasteiger partial charge in [-0.2, -0.15) is 0 Å². The Hall–Kier alpha value is -6.32. The zero-order valence-electron chi connectivity index (χ0n) is 30.6. The molecule has 0 saturated carbocycles. The van der Waals surface area contributed by atoms with E-state index in [1.54, 1.807) is 24.3 Å². The van der Waals surface area contributed by atoms with E-state index in [2.05, 4.69) is 111 Å². The molecular formula is C50H44O3. The van der Waals surface area contributed by atoms with Crippen molar-refractivity contribution in [3.63, 3.8) is 0 Å². The predicted molar refractivity (Wildman–Crippen MR) is 221 cm³/mol. The highest BCUT2D eigenvalue weighted by molar-refractivity contribution is 5.96. The van der Waals surface area contributed by atoms with E-state index in [0.29, 0.717) is 5.92 Å². The van der Waals surface area contributed by atoms with E-state index in [4.69, 9.17) is 4.74 Å². The van der Waals surface area contributed by atoms with Gasteiger partial charge in [0.1, 0.15) is 23.0 Å². The van der Waals surface area contributed by atoms with Crippen LogP contribution in [0, 0.1) is 0 Å². The van der Waals surface area contributed by atoms with Gasteiger partial charge in [0, 0.05) is 17.0 Å². The smallest absolute Gasteiger partial charge is 0.132 e. The second-order valence-corrected chi connectivity index (χ2v) is 13.4. The summed E-state index contributed by atoms with van der Waals surface area (Å²) >= 11 is 0. The summed E-state index contributed by atoms with van der Waals surface area (Å²) in [6.07, 6.45) is 0. The Morgan fingerprint density at radius 3 is 1.30 bits per heavy atom. The molecule has 0 aliphatic carbocycles. The highest BCUT2D eigenvalue weighted by atomic mass is 16.5. The van der Waals surface area contributed by atoms with E-state index in [-0.39, 0.29) is 17.4 Å². The summed E-state index contributed by atoms with van der Waals surface area (Å²) in [6.45, 7) is 8.44. The fourth-order valence-corrected chi connectivity index (χ4v) is 7.20. The number of benzene rings is 8. The van der Waals surface area contributed by atoms with Crippen LogP contribution in [0.3, 0.4) is 0 Å². The molecule has 1 heterocycles. The summed E-state index contributed by atoms with van der Waals surface area (Å²) in [6, 6.07) is 57.4. The van der Waals surface area contributed by atoms with Gasteiger partial charge >= 0.3 is 0 Å². The molecule has 0 atom stereocenters. The van der Waals surface area contributed by atoms with Gasteiger partial charge in [0.15, 0.2) is 0 Å². The number of hydrogen-bond donors (Lipinski definition) is 2. The summed E-state index contributed by atoms with van der Waals surface area (Å²) < 4.78 is 6.47. The van der Waals surface area contributed by atoms with Crippen LogP contribution in [0.4, 0.5) is 0 Å². The molecule has 3 heteroatoms. The Balaban J connectivity index is 0.000000215. The number of fused-ring (bicyclic) bond motifs is 6. The monoisotopic (exact) mass is 692 g/mol. The van der Waals surface area contributed by atoms with Gasteiger partial charge in [-0.25, -0.2) is 0 Å². The van der Waals surface area contributed by atoms with Crippen LogP contribution in [0.2, 0.25) is 0 Å². The Labute approximate surface area is 312 Å². The standard InChI is InChI=1S/C33H22O3.C15H16.C2H6/c34-25-12-14-27-23(18-25)10-16-29-32(27)31(22-8-6-21(7-9-22)20-4-2-1-3-5-20)33-28-15-13-26(35)19-24(28)11-17-30(33)36-29;1-12(2)13-8-10-15(11-9-13)14-6-4-3-5-7-14;1-2/h1-19,31,34-35H;3-12H,1-2H3;1-2H3. The van der Waals surface area contributed by atoms with Crippen LogP contribution < -0.4 is 4.74 Å². The molecule has 2 N–H and O–H groups in total. The largest absolute Gasteiger partial charge is 0.508 e. The summed E-state index contributed by atoms with van der Waals surface area (Å²) in [5.41, 5.74) is 9.63. The zero-order valence-corrected chi connectivity index (χ0v) is 30.6. The lowest BCUT2D eigenvalue weighted by molar-refractivity contribution is 0.455. The van der Waals surface area contributed by atoms with Crippen molar-refractivity contribution in [1.29, 1.82) is 0 Å². The summed E-state index contributed by atoms with van der Waals surface area (Å²) in [5, 5.41) is 24.3. The van der Waals surface area contributed by atoms with Gasteiger partial charge in [0.25, 0.3) is 0 Å². The Kier molecular flexibility index (Phi) is 10.3. The third kappa shape index (κ3) is 7.24. The molecule has 0 fully saturated rings. The lowest BCUT2D eigenvalue weighted by atomic mass is 9.78. The van der Waals surface area contributed by atoms with Crippen LogP contribution in [0.25, 0.3) is 43.8 Å². The zero-order chi connectivity index (χ0) is 36.9. The van der Waals surface area contributed by atoms with Gasteiger partial charge in [0.05, 0.1) is 0 Å². The molecule has 3 nitrogen and oxygen atoms in total. The average molecular weight is 693 g/mol. The molecule has 9 rings (SSSR count). The van der Waals surface area contributed by atoms with Crippen LogP contribution >= 0.6 is 0 Å². The first-order valence-electron chi connectivity index (χ1n) is 18.4. The normalized spacial score (nSPS) is 11.8. The van der Waals surface area contributed by atoms with Crippen LogP contribution in [0.1, 0.15) is 61.8 Å². The molecule has 0 amide bonds. The highest BCUT2D eigenvalue weighted by Gasteiger charge is 2.32. The van der Waals surface area contributed by atoms with Gasteiger partial charge in [-0.1, -0.05) is 161 Å². The van der Waals surface area contributed by atoms with Gasteiger partial charge < -0.3 is 14.9 Å². The number of aromatic hydroxyl groups is 2. The van der Waals surface area contributed by atoms with Crippen molar-refractivity contribution in [2.24, 2.45) is 0 Å². The number of phenols is 2. The summed E-state index contributed by atoms with van der Waals surface area (Å²) in [7, 11) is 0. The average Bonchev–Trinajstić information content (AvgIpc) is 3.21. The predicted octanol–water partition coefficient (Wildman–Crippen LogP) is 13.9. The molecule has 8 aromatic carbocycles. The first kappa shape index (κ1) is 35.1. The molecular weight excluding hydrogens is 649 g/mol. The minimum absolute atomic E-state index is 0.0879. The number of rotatable bonds is 4. The van der Waals surface area contributed by atoms with Crippen molar-refractivity contribution in [2.45, 2.75) is 39.5 Å². The first-order valence-corrected chi connectivity index (χ1v) is 18.4. The van der Waals surface area contributed by atoms with E-state index in [1.165, 1.54) is 22.3 Å². The molecule has 0 spiro atoms. The lowest BCUT2D eigenvalue weighted by Crippen LogP contribution is -2.13. The third-order valence-corrected chi connectivity index (χ3v) is 9.84. The maximum atomic E-state index is 10.1. The summed E-state index contributed by atoms with van der Waals surface area (Å²) in [4.78, 5) is 0. The molecule has 0 aromatic heterocycles. The van der Waals surface area contributed by atoms with Crippen LogP contribution in [-0.2, 0) is 0 Å². The van der Waals surface area contributed by atoms with E-state index >= 15 is 0 Å². The Bertz CT molecular complexity index is 2370. The maximum absolute atomic E-state index is 10.1. The molecule has 0 saturated heterocycles. The fourth-order valence-electron chi connectivity index (χ4n) is 7.20. The lowest BCUT2D eigenvalue weighted by Gasteiger charge is -2.31. The molecule has 1 aliphatic heterocycles. The van der Waals surface area contributed by atoms with Crippen molar-refractivity contribution >= 4 is 21.5 Å². The van der Waals surface area contributed by atoms with Gasteiger partial charge in [-0.05, 0) is 97.2 Å². The van der Waals surface area contributed by atoms with Crippen molar-refractivity contribution in [2.75, 3.05) is 0 Å². The minimum Gasteiger partial charge on any atom is -0.508 e. The molecule has 1 aliphatic rings. The van der Waals surface area contributed by atoms with Crippen LogP contribution in [-0.4, -0.2) is 10.2 Å². The third-order valence-electron chi connectivity index (χ3n) is 9.84. The van der Waals surface area contributed by atoms with Crippen molar-refractivity contribution < 1.29 is 14.9 Å². The quantitative estimate of drug-likeness (QED) is 0.193. The molecule has 0 radical (unpaired) electrons. The van der Waals surface area contributed by atoms with E-state index in [0.717, 1.165) is 55.3 Å². The molecule has 0 unspecified atom stereocenters. The molecule has 8 aromatic rings. The fraction of sp³-hybridized carbons (Fsp3) is 0.120. The van der Waals surface area contributed by atoms with Crippen molar-refractivity contribution in [3.8, 4) is 45.3 Å². The number of hydrogen-bond acceptors (Lipinski definition) is 3. The Morgan fingerprint density at radius 1 is 0.453 bits per heavy atom. The maximum Gasteiger partial charge on any atom is 0.132 e. The number of phenolic OH excluding ortho intramolecular Hbond substituents is 2. The molecule has 262 valence electrons. The van der Waals surface area contributed by atoms with Crippen molar-refractivity contribution in [1.82, 2.24) is 0 Å².